The Morgan fingerprint density at radius 1 is 1.13 bits per heavy atom. The predicted octanol–water partition coefficient (Wildman–Crippen LogP) is 3.64. The van der Waals surface area contributed by atoms with Crippen molar-refractivity contribution < 1.29 is 9.50 Å². The van der Waals surface area contributed by atoms with Gasteiger partial charge in [-0.2, -0.15) is 0 Å². The Kier molecular flexibility index (Phi) is 5.18. The summed E-state index contributed by atoms with van der Waals surface area (Å²) in [6, 6.07) is 6.23. The van der Waals surface area contributed by atoms with Crippen LogP contribution in [0, 0.1) is 11.7 Å². The van der Waals surface area contributed by atoms with Crippen LogP contribution in [-0.4, -0.2) is 27.7 Å². The third-order valence-electron chi connectivity index (χ3n) is 4.46. The molecule has 1 aliphatic carbocycles. The van der Waals surface area contributed by atoms with E-state index in [0.29, 0.717) is 17.4 Å². The van der Waals surface area contributed by atoms with Gasteiger partial charge in [0.25, 0.3) is 0 Å². The van der Waals surface area contributed by atoms with Crippen molar-refractivity contribution in [2.75, 3.05) is 11.9 Å². The smallest absolute Gasteiger partial charge is 0.145 e. The quantitative estimate of drug-likeness (QED) is 0.884. The first-order chi connectivity index (χ1) is 11.2. The predicted molar refractivity (Wildman–Crippen MR) is 88.5 cm³/mol. The van der Waals surface area contributed by atoms with E-state index in [9.17, 15) is 9.50 Å². The van der Waals surface area contributed by atoms with Crippen LogP contribution in [-0.2, 0) is 0 Å². The number of anilines is 1. The second-order valence-corrected chi connectivity index (χ2v) is 6.12. The molecule has 0 unspecified atom stereocenters. The van der Waals surface area contributed by atoms with Crippen LogP contribution in [0.15, 0.2) is 36.7 Å². The first kappa shape index (κ1) is 15.9. The molecule has 0 bridgehead atoms. The Morgan fingerprint density at radius 3 is 2.70 bits per heavy atom. The highest BCUT2D eigenvalue weighted by Crippen LogP contribution is 2.27. The molecule has 2 N–H and O–H groups in total. The van der Waals surface area contributed by atoms with Crippen LogP contribution in [0.2, 0.25) is 0 Å². The number of aromatic nitrogens is 2. The van der Waals surface area contributed by atoms with Crippen molar-refractivity contribution in [1.82, 2.24) is 9.97 Å². The molecule has 2 aromatic rings. The number of hydrogen-bond donors (Lipinski definition) is 2. The van der Waals surface area contributed by atoms with E-state index >= 15 is 0 Å². The van der Waals surface area contributed by atoms with E-state index in [2.05, 4.69) is 15.3 Å². The number of rotatable bonds is 5. The molecule has 1 aromatic carbocycles. The van der Waals surface area contributed by atoms with Gasteiger partial charge in [-0.15, -0.1) is 0 Å². The van der Waals surface area contributed by atoms with Crippen molar-refractivity contribution in [3.8, 4) is 11.3 Å². The van der Waals surface area contributed by atoms with Crippen LogP contribution in [0.25, 0.3) is 11.3 Å². The number of hydrogen-bond acceptors (Lipinski definition) is 4. The zero-order chi connectivity index (χ0) is 16.1. The van der Waals surface area contributed by atoms with Crippen molar-refractivity contribution >= 4 is 5.82 Å². The largest absolute Gasteiger partial charge is 0.393 e. The summed E-state index contributed by atoms with van der Waals surface area (Å²) in [4.78, 5) is 8.71. The molecule has 0 saturated heterocycles. The summed E-state index contributed by atoms with van der Waals surface area (Å²) in [6.07, 6.45) is 8.49. The van der Waals surface area contributed by atoms with Gasteiger partial charge < -0.3 is 10.4 Å². The van der Waals surface area contributed by atoms with E-state index in [1.807, 2.05) is 0 Å². The zero-order valence-electron chi connectivity index (χ0n) is 13.1. The molecule has 1 aliphatic rings. The van der Waals surface area contributed by atoms with Crippen LogP contribution in [0.1, 0.15) is 32.1 Å². The highest BCUT2D eigenvalue weighted by Gasteiger charge is 2.22. The summed E-state index contributed by atoms with van der Waals surface area (Å²) in [5.41, 5.74) is 1.55. The van der Waals surface area contributed by atoms with Crippen molar-refractivity contribution in [1.29, 1.82) is 0 Å². The Morgan fingerprint density at radius 2 is 1.91 bits per heavy atom. The van der Waals surface area contributed by atoms with Crippen molar-refractivity contribution in [3.63, 3.8) is 0 Å². The van der Waals surface area contributed by atoms with Crippen LogP contribution in [0.3, 0.4) is 0 Å². The van der Waals surface area contributed by atoms with Crippen molar-refractivity contribution in [3.05, 3.63) is 42.5 Å². The lowest BCUT2D eigenvalue weighted by Crippen LogP contribution is -2.26. The Balaban J connectivity index is 1.58. The fraction of sp³-hybridized carbons (Fsp3) is 0.444. The third-order valence-corrected chi connectivity index (χ3v) is 4.46. The maximum Gasteiger partial charge on any atom is 0.145 e. The van der Waals surface area contributed by atoms with E-state index in [-0.39, 0.29) is 11.9 Å². The molecule has 0 spiro atoms. The fourth-order valence-corrected chi connectivity index (χ4v) is 3.12. The second kappa shape index (κ2) is 7.51. The topological polar surface area (TPSA) is 58.0 Å². The van der Waals surface area contributed by atoms with Gasteiger partial charge in [0, 0.05) is 12.1 Å². The van der Waals surface area contributed by atoms with Gasteiger partial charge in [0.15, 0.2) is 0 Å². The summed E-state index contributed by atoms with van der Waals surface area (Å²) < 4.78 is 13.0. The minimum absolute atomic E-state index is 0.165. The average molecular weight is 315 g/mol. The van der Waals surface area contributed by atoms with Gasteiger partial charge in [0.05, 0.1) is 24.2 Å². The standard InChI is InChI=1S/C18H22FN3O/c19-15-7-5-13(6-8-15)16-11-20-12-18(22-16)21-10-9-14-3-1-2-4-17(14)23/h5-8,11-12,14,17,23H,1-4,9-10H2,(H,21,22)/t14-,17-/m1/s1. The maximum atomic E-state index is 13.0. The molecule has 3 rings (SSSR count). The normalized spacial score (nSPS) is 21.1. The molecule has 1 aromatic heterocycles. The minimum atomic E-state index is -0.262. The van der Waals surface area contributed by atoms with Gasteiger partial charge in [0.2, 0.25) is 0 Å². The zero-order valence-corrected chi connectivity index (χ0v) is 13.1. The van der Waals surface area contributed by atoms with E-state index in [1.165, 1.54) is 18.6 Å². The van der Waals surface area contributed by atoms with Gasteiger partial charge >= 0.3 is 0 Å². The first-order valence-electron chi connectivity index (χ1n) is 8.22. The van der Waals surface area contributed by atoms with E-state index in [0.717, 1.165) is 37.8 Å². The van der Waals surface area contributed by atoms with Gasteiger partial charge in [-0.25, -0.2) is 9.37 Å². The van der Waals surface area contributed by atoms with E-state index < -0.39 is 0 Å². The first-order valence-corrected chi connectivity index (χ1v) is 8.22. The number of aliphatic hydroxyl groups excluding tert-OH is 1. The molecule has 5 heteroatoms. The maximum absolute atomic E-state index is 13.0. The van der Waals surface area contributed by atoms with Crippen LogP contribution in [0.4, 0.5) is 10.2 Å². The number of nitrogens with zero attached hydrogens (tertiary/aromatic N) is 2. The summed E-state index contributed by atoms with van der Waals surface area (Å²) in [7, 11) is 0. The molecular formula is C18H22FN3O. The molecule has 0 aliphatic heterocycles. The Labute approximate surface area is 135 Å². The Bertz CT molecular complexity index is 632. The fourth-order valence-electron chi connectivity index (χ4n) is 3.12. The summed E-state index contributed by atoms with van der Waals surface area (Å²) in [5, 5.41) is 13.3. The minimum Gasteiger partial charge on any atom is -0.393 e. The molecule has 0 radical (unpaired) electrons. The second-order valence-electron chi connectivity index (χ2n) is 6.12. The van der Waals surface area contributed by atoms with Crippen molar-refractivity contribution in [2.45, 2.75) is 38.2 Å². The number of benzene rings is 1. The third kappa shape index (κ3) is 4.26. The van der Waals surface area contributed by atoms with Gasteiger partial charge in [0.1, 0.15) is 11.6 Å². The summed E-state index contributed by atoms with van der Waals surface area (Å²) >= 11 is 0. The molecule has 1 saturated carbocycles. The lowest BCUT2D eigenvalue weighted by molar-refractivity contribution is 0.0671. The molecule has 23 heavy (non-hydrogen) atoms. The van der Waals surface area contributed by atoms with Crippen molar-refractivity contribution in [2.24, 2.45) is 5.92 Å². The molecule has 1 fully saturated rings. The lowest BCUT2D eigenvalue weighted by atomic mass is 9.84. The molecule has 0 amide bonds. The molecule has 122 valence electrons. The Hall–Kier alpha value is -2.01. The van der Waals surface area contributed by atoms with Crippen LogP contribution < -0.4 is 5.32 Å². The van der Waals surface area contributed by atoms with Crippen LogP contribution >= 0.6 is 0 Å². The highest BCUT2D eigenvalue weighted by atomic mass is 19.1. The van der Waals surface area contributed by atoms with Crippen LogP contribution in [0.5, 0.6) is 0 Å². The SMILES string of the molecule is O[C@@H]1CCCC[C@@H]1CCNc1cncc(-c2ccc(F)cc2)n1. The van der Waals surface area contributed by atoms with E-state index in [1.54, 1.807) is 24.5 Å². The van der Waals surface area contributed by atoms with Gasteiger partial charge in [-0.05, 0) is 49.4 Å². The highest BCUT2D eigenvalue weighted by molar-refractivity contribution is 5.59. The lowest BCUT2D eigenvalue weighted by Gasteiger charge is -2.27. The molecular weight excluding hydrogens is 293 g/mol. The number of halogens is 1. The van der Waals surface area contributed by atoms with Gasteiger partial charge in [-0.1, -0.05) is 12.8 Å². The van der Waals surface area contributed by atoms with Gasteiger partial charge in [-0.3, -0.25) is 4.98 Å². The number of nitrogens with one attached hydrogen (secondary N) is 1. The number of aliphatic hydroxyl groups is 1. The molecule has 1 heterocycles. The molecule has 2 atom stereocenters. The summed E-state index contributed by atoms with van der Waals surface area (Å²) in [6.45, 7) is 0.767. The average Bonchev–Trinajstić information content (AvgIpc) is 2.58. The summed E-state index contributed by atoms with van der Waals surface area (Å²) in [5.74, 6) is 0.823. The molecule has 4 nitrogen and oxygen atoms in total. The van der Waals surface area contributed by atoms with E-state index in [4.69, 9.17) is 0 Å². The monoisotopic (exact) mass is 315 g/mol.